The molecule has 2 N–H and O–H groups in total. The van der Waals surface area contributed by atoms with Gasteiger partial charge >= 0.3 is 0 Å². The second-order valence-corrected chi connectivity index (χ2v) is 11.0. The Morgan fingerprint density at radius 1 is 0.971 bits per heavy atom. The second-order valence-electron chi connectivity index (χ2n) is 11.0. The molecule has 2 saturated carbocycles. The molecule has 2 atom stereocenters. The zero-order chi connectivity index (χ0) is 23.6. The number of carbonyl (C=O) groups excluding carboxylic acids is 2. The fourth-order valence-electron chi connectivity index (χ4n) is 6.70. The molecule has 3 aromatic rings. The van der Waals surface area contributed by atoms with Crippen molar-refractivity contribution in [3.05, 3.63) is 54.3 Å². The quantitative estimate of drug-likeness (QED) is 0.548. The summed E-state index contributed by atoms with van der Waals surface area (Å²) in [5, 5.41) is 7.29. The van der Waals surface area contributed by atoms with E-state index in [1.165, 1.54) is 25.9 Å². The molecule has 2 aromatic carbocycles. The monoisotopic (exact) mass is 469 g/mol. The lowest BCUT2D eigenvalue weighted by Crippen LogP contribution is -2.51. The molecular formula is C29H31N3O3. The first-order valence-electron chi connectivity index (χ1n) is 13.1. The van der Waals surface area contributed by atoms with Gasteiger partial charge in [-0.1, -0.05) is 42.8 Å². The topological polar surface area (TPSA) is 74.6 Å². The summed E-state index contributed by atoms with van der Waals surface area (Å²) in [5.41, 5.74) is 3.52. The molecule has 3 saturated heterocycles. The van der Waals surface area contributed by atoms with Crippen LogP contribution in [0.1, 0.15) is 49.1 Å². The van der Waals surface area contributed by atoms with Gasteiger partial charge in [0.2, 0.25) is 5.91 Å². The minimum Gasteiger partial charge on any atom is -0.450 e. The van der Waals surface area contributed by atoms with Gasteiger partial charge in [0.05, 0.1) is 0 Å². The van der Waals surface area contributed by atoms with Gasteiger partial charge in [-0.3, -0.25) is 9.59 Å². The number of fused-ring (bicyclic) bond motifs is 3. The minimum atomic E-state index is -0.128. The van der Waals surface area contributed by atoms with E-state index < -0.39 is 0 Å². The molecule has 4 heterocycles. The average molecular weight is 470 g/mol. The molecule has 6 heteroatoms. The number of nitrogens with one attached hydrogen (secondary N) is 2. The number of furan rings is 1. The maximum atomic E-state index is 13.2. The first-order chi connectivity index (χ1) is 17.1. The summed E-state index contributed by atoms with van der Waals surface area (Å²) in [4.78, 5) is 28.4. The maximum absolute atomic E-state index is 13.2. The van der Waals surface area contributed by atoms with Crippen LogP contribution in [0.4, 0.5) is 5.69 Å². The lowest BCUT2D eigenvalue weighted by atomic mass is 9.76. The van der Waals surface area contributed by atoms with Crippen molar-refractivity contribution >= 4 is 28.5 Å². The largest absolute Gasteiger partial charge is 0.450 e. The summed E-state index contributed by atoms with van der Waals surface area (Å²) in [6, 6.07) is 15.9. The van der Waals surface area contributed by atoms with E-state index in [-0.39, 0.29) is 29.2 Å². The number of hydrogen-bond donors (Lipinski definition) is 2. The van der Waals surface area contributed by atoms with E-state index in [0.717, 1.165) is 60.3 Å². The van der Waals surface area contributed by atoms with Gasteiger partial charge in [-0.05, 0) is 63.2 Å². The molecule has 1 spiro atoms. The summed E-state index contributed by atoms with van der Waals surface area (Å²) in [6.07, 6.45) is 6.65. The Morgan fingerprint density at radius 2 is 1.77 bits per heavy atom. The number of rotatable bonds is 5. The molecule has 3 aliphatic heterocycles. The summed E-state index contributed by atoms with van der Waals surface area (Å²) >= 11 is 0. The molecule has 2 aliphatic carbocycles. The van der Waals surface area contributed by atoms with Crippen LogP contribution in [0.25, 0.3) is 22.1 Å². The number of amides is 2. The normalized spacial score (nSPS) is 29.2. The third-order valence-corrected chi connectivity index (χ3v) is 9.06. The van der Waals surface area contributed by atoms with Crippen LogP contribution in [0.5, 0.6) is 0 Å². The Morgan fingerprint density at radius 3 is 2.51 bits per heavy atom. The zero-order valence-electron chi connectivity index (χ0n) is 19.9. The number of para-hydroxylation sites is 2. The van der Waals surface area contributed by atoms with E-state index in [1.54, 1.807) is 0 Å². The summed E-state index contributed by atoms with van der Waals surface area (Å²) < 4.78 is 6.19. The number of benzene rings is 2. The number of hydrogen-bond acceptors (Lipinski definition) is 4. The van der Waals surface area contributed by atoms with E-state index in [4.69, 9.17) is 4.42 Å². The van der Waals surface area contributed by atoms with E-state index in [2.05, 4.69) is 15.5 Å². The fourth-order valence-corrected chi connectivity index (χ4v) is 6.70. The Balaban J connectivity index is 1.14. The number of carbonyl (C=O) groups is 2. The van der Waals surface area contributed by atoms with Gasteiger partial charge in [-0.15, -0.1) is 0 Å². The van der Waals surface area contributed by atoms with Crippen LogP contribution in [0.3, 0.4) is 0 Å². The Kier molecular flexibility index (Phi) is 4.81. The van der Waals surface area contributed by atoms with E-state index in [9.17, 15) is 9.59 Å². The van der Waals surface area contributed by atoms with Crippen molar-refractivity contribution < 1.29 is 14.0 Å². The van der Waals surface area contributed by atoms with Crippen molar-refractivity contribution in [2.75, 3.05) is 25.0 Å². The fraction of sp³-hybridized carbons (Fsp3) is 0.448. The lowest BCUT2D eigenvalue weighted by molar-refractivity contribution is -0.122. The summed E-state index contributed by atoms with van der Waals surface area (Å²) in [5.74, 6) is 1.16. The van der Waals surface area contributed by atoms with Crippen LogP contribution in [-0.4, -0.2) is 42.4 Å². The van der Waals surface area contributed by atoms with Crippen LogP contribution in [0.2, 0.25) is 0 Å². The Hall–Kier alpha value is -3.12. The molecule has 2 unspecified atom stereocenters. The van der Waals surface area contributed by atoms with Gasteiger partial charge in [0.1, 0.15) is 5.58 Å². The van der Waals surface area contributed by atoms with Gasteiger partial charge in [0.15, 0.2) is 5.76 Å². The number of anilines is 1. The van der Waals surface area contributed by atoms with E-state index >= 15 is 0 Å². The second kappa shape index (κ2) is 7.95. The average Bonchev–Trinajstić information content (AvgIpc) is 3.28. The summed E-state index contributed by atoms with van der Waals surface area (Å²) in [6.45, 7) is 3.54. The van der Waals surface area contributed by atoms with Crippen molar-refractivity contribution in [2.24, 2.45) is 17.3 Å². The molecule has 8 rings (SSSR count). The molecular weight excluding hydrogens is 438 g/mol. The molecule has 2 bridgehead atoms. The van der Waals surface area contributed by atoms with Crippen LogP contribution in [-0.2, 0) is 4.79 Å². The van der Waals surface area contributed by atoms with E-state index in [1.807, 2.05) is 48.5 Å². The highest BCUT2D eigenvalue weighted by atomic mass is 16.3. The first-order valence-corrected chi connectivity index (χ1v) is 13.1. The smallest absolute Gasteiger partial charge is 0.287 e. The Bertz CT molecular complexity index is 1320. The SMILES string of the molecule is O=C(NC1CC12CN1CCC2CC1)c1cc2cccc(-c3ccccc3NC(=O)C3CCC3)c2o1. The lowest BCUT2D eigenvalue weighted by Gasteiger charge is -2.46. The molecule has 6 nitrogen and oxygen atoms in total. The van der Waals surface area contributed by atoms with Crippen LogP contribution in [0, 0.1) is 17.3 Å². The third-order valence-electron chi connectivity index (χ3n) is 9.06. The van der Waals surface area contributed by atoms with Crippen molar-refractivity contribution in [1.29, 1.82) is 0 Å². The molecule has 5 aliphatic rings. The van der Waals surface area contributed by atoms with Gasteiger partial charge in [-0.2, -0.15) is 0 Å². The molecule has 180 valence electrons. The predicted molar refractivity (Wildman–Crippen MR) is 135 cm³/mol. The highest BCUT2D eigenvalue weighted by molar-refractivity contribution is 6.04. The predicted octanol–water partition coefficient (Wildman–Crippen LogP) is 5.05. The highest BCUT2D eigenvalue weighted by Gasteiger charge is 2.62. The van der Waals surface area contributed by atoms with Crippen LogP contribution < -0.4 is 10.6 Å². The van der Waals surface area contributed by atoms with Gasteiger partial charge in [0.25, 0.3) is 5.91 Å². The zero-order valence-corrected chi connectivity index (χ0v) is 19.9. The van der Waals surface area contributed by atoms with E-state index in [0.29, 0.717) is 11.3 Å². The van der Waals surface area contributed by atoms with Crippen LogP contribution >= 0.6 is 0 Å². The van der Waals surface area contributed by atoms with Crippen LogP contribution in [0.15, 0.2) is 52.9 Å². The molecule has 0 radical (unpaired) electrons. The van der Waals surface area contributed by atoms with Crippen molar-refractivity contribution in [3.8, 4) is 11.1 Å². The van der Waals surface area contributed by atoms with Crippen molar-refractivity contribution in [2.45, 2.75) is 44.6 Å². The maximum Gasteiger partial charge on any atom is 0.287 e. The molecule has 5 fully saturated rings. The molecule has 35 heavy (non-hydrogen) atoms. The highest BCUT2D eigenvalue weighted by Crippen LogP contribution is 2.59. The van der Waals surface area contributed by atoms with Gasteiger partial charge < -0.3 is 20.0 Å². The summed E-state index contributed by atoms with van der Waals surface area (Å²) in [7, 11) is 0. The van der Waals surface area contributed by atoms with Gasteiger partial charge in [-0.25, -0.2) is 0 Å². The Labute approximate surface area is 205 Å². The standard InChI is InChI=1S/C29H31N3O3/c33-27(18-5-3-6-18)30-23-10-2-1-8-21(23)22-9-4-7-19-15-24(35-26(19)22)28(34)31-25-16-29(25)17-32-13-11-20(29)12-14-32/h1-2,4,7-10,15,18,20,25H,3,5-6,11-14,16-17H2,(H,30,33)(H,31,34). The third kappa shape index (κ3) is 3.49. The van der Waals surface area contributed by atoms with Crippen molar-refractivity contribution in [1.82, 2.24) is 10.2 Å². The number of piperidine rings is 3. The first kappa shape index (κ1) is 21.2. The molecule has 1 aromatic heterocycles. The molecule has 2 amide bonds. The van der Waals surface area contributed by atoms with Crippen molar-refractivity contribution in [3.63, 3.8) is 0 Å². The minimum absolute atomic E-state index is 0.0847. The number of nitrogens with zero attached hydrogens (tertiary/aromatic N) is 1. The van der Waals surface area contributed by atoms with Gasteiger partial charge in [0, 0.05) is 46.1 Å².